The fraction of sp³-hybridized carbons (Fsp3) is 0.636. The number of aliphatic carboxylic acids is 2. The van der Waals surface area contributed by atoms with E-state index in [1.165, 1.54) is 18.4 Å². The number of hydrogen-bond acceptors (Lipinski definition) is 7. The Morgan fingerprint density at radius 1 is 1.03 bits per heavy atom. The summed E-state index contributed by atoms with van der Waals surface area (Å²) in [6, 6.07) is 6.82. The van der Waals surface area contributed by atoms with Gasteiger partial charge in [-0.3, -0.25) is 9.80 Å². The number of carboxylic acid groups (broad SMARTS) is 2. The quantitative estimate of drug-likeness (QED) is 0.667. The average Bonchev–Trinajstić information content (AvgIpc) is 2.73. The molecule has 2 saturated heterocycles. The molecule has 2 aliphatic heterocycles. The lowest BCUT2D eigenvalue weighted by Gasteiger charge is -2.43. The zero-order valence-corrected chi connectivity index (χ0v) is 18.7. The maximum atomic E-state index is 9.10. The van der Waals surface area contributed by atoms with Crippen LogP contribution in [0.2, 0.25) is 0 Å². The molecular formula is C22H34N2O7. The Morgan fingerprint density at radius 2 is 1.61 bits per heavy atom. The molecule has 0 bridgehead atoms. The summed E-state index contributed by atoms with van der Waals surface area (Å²) in [6.45, 7) is 9.69. The van der Waals surface area contributed by atoms with Crippen molar-refractivity contribution >= 4 is 11.9 Å². The maximum Gasteiger partial charge on any atom is 0.414 e. The maximum absolute atomic E-state index is 9.10. The van der Waals surface area contributed by atoms with Gasteiger partial charge in [-0.2, -0.15) is 0 Å². The number of carboxylic acids is 2. The Kier molecular flexibility index (Phi) is 9.54. The average molecular weight is 439 g/mol. The minimum Gasteiger partial charge on any atom is -0.493 e. The summed E-state index contributed by atoms with van der Waals surface area (Å²) < 4.78 is 16.9. The molecule has 2 heterocycles. The first kappa shape index (κ1) is 24.9. The van der Waals surface area contributed by atoms with Crippen LogP contribution in [0.3, 0.4) is 0 Å². The molecule has 9 nitrogen and oxygen atoms in total. The van der Waals surface area contributed by atoms with Crippen molar-refractivity contribution in [1.82, 2.24) is 9.80 Å². The molecule has 2 atom stereocenters. The molecule has 0 saturated carbocycles. The number of carbonyl (C=O) groups is 2. The van der Waals surface area contributed by atoms with Crippen LogP contribution in [-0.4, -0.2) is 90.6 Å². The second-order valence-electron chi connectivity index (χ2n) is 7.98. The molecule has 2 fully saturated rings. The number of benzene rings is 1. The minimum atomic E-state index is -1.82. The first-order valence-corrected chi connectivity index (χ1v) is 10.5. The highest BCUT2D eigenvalue weighted by atomic mass is 16.5. The predicted molar refractivity (Wildman–Crippen MR) is 115 cm³/mol. The van der Waals surface area contributed by atoms with E-state index in [-0.39, 0.29) is 0 Å². The summed E-state index contributed by atoms with van der Waals surface area (Å²) in [4.78, 5) is 23.4. The summed E-state index contributed by atoms with van der Waals surface area (Å²) in [5.41, 5.74) is 1.20. The van der Waals surface area contributed by atoms with Crippen LogP contribution in [-0.2, 0) is 20.9 Å². The molecule has 2 aliphatic rings. The first-order chi connectivity index (χ1) is 14.7. The largest absolute Gasteiger partial charge is 0.493 e. The fourth-order valence-electron chi connectivity index (χ4n) is 4.28. The first-order valence-electron chi connectivity index (χ1n) is 10.5. The van der Waals surface area contributed by atoms with Crippen molar-refractivity contribution in [2.45, 2.75) is 51.5 Å². The molecular weight excluding hydrogens is 404 g/mol. The van der Waals surface area contributed by atoms with Crippen LogP contribution in [0.4, 0.5) is 0 Å². The van der Waals surface area contributed by atoms with Crippen LogP contribution in [0.5, 0.6) is 11.5 Å². The third-order valence-electron chi connectivity index (χ3n) is 5.58. The van der Waals surface area contributed by atoms with Crippen LogP contribution in [0.1, 0.15) is 32.3 Å². The molecule has 31 heavy (non-hydrogen) atoms. The van der Waals surface area contributed by atoms with Gasteiger partial charge in [-0.1, -0.05) is 12.1 Å². The molecule has 2 unspecified atom stereocenters. The van der Waals surface area contributed by atoms with E-state index in [0.717, 1.165) is 44.2 Å². The highest BCUT2D eigenvalue weighted by molar-refractivity contribution is 6.27. The number of piperidine rings is 1. The minimum absolute atomic E-state index is 0.350. The second-order valence-corrected chi connectivity index (χ2v) is 7.98. The van der Waals surface area contributed by atoms with Gasteiger partial charge in [0.15, 0.2) is 11.5 Å². The summed E-state index contributed by atoms with van der Waals surface area (Å²) in [6.07, 6.45) is 3.16. The lowest BCUT2D eigenvalue weighted by Crippen LogP contribution is -2.53. The highest BCUT2D eigenvalue weighted by Crippen LogP contribution is 2.32. The number of methoxy groups -OCH3 is 2. The molecule has 0 radical (unpaired) electrons. The number of likely N-dealkylation sites (tertiary alicyclic amines) is 1. The van der Waals surface area contributed by atoms with Crippen molar-refractivity contribution in [3.8, 4) is 11.5 Å². The van der Waals surface area contributed by atoms with Crippen LogP contribution >= 0.6 is 0 Å². The normalized spacial score (nSPS) is 22.8. The van der Waals surface area contributed by atoms with E-state index < -0.39 is 11.9 Å². The number of rotatable bonds is 5. The molecule has 174 valence electrons. The van der Waals surface area contributed by atoms with Crippen LogP contribution in [0.15, 0.2) is 18.2 Å². The Balaban J connectivity index is 0.000000501. The zero-order valence-electron chi connectivity index (χ0n) is 18.7. The lowest BCUT2D eigenvalue weighted by molar-refractivity contribution is -0.159. The molecule has 1 aromatic carbocycles. The third kappa shape index (κ3) is 7.37. The summed E-state index contributed by atoms with van der Waals surface area (Å²) in [5, 5.41) is 14.8. The van der Waals surface area contributed by atoms with E-state index >= 15 is 0 Å². The fourth-order valence-corrected chi connectivity index (χ4v) is 4.28. The van der Waals surface area contributed by atoms with E-state index in [2.05, 4.69) is 29.7 Å². The van der Waals surface area contributed by atoms with Crippen LogP contribution in [0.25, 0.3) is 0 Å². The predicted octanol–water partition coefficient (Wildman–Crippen LogP) is 1.93. The van der Waals surface area contributed by atoms with Gasteiger partial charge in [0.2, 0.25) is 0 Å². The molecule has 3 rings (SSSR count). The number of para-hydroxylation sites is 1. The van der Waals surface area contributed by atoms with Gasteiger partial charge in [0.1, 0.15) is 0 Å². The van der Waals surface area contributed by atoms with Gasteiger partial charge in [0.25, 0.3) is 0 Å². The van der Waals surface area contributed by atoms with Crippen molar-refractivity contribution in [3.05, 3.63) is 23.8 Å². The van der Waals surface area contributed by atoms with Gasteiger partial charge < -0.3 is 24.4 Å². The van der Waals surface area contributed by atoms with Gasteiger partial charge in [-0.05, 0) is 45.8 Å². The molecule has 9 heteroatoms. The number of hydrogen-bond donors (Lipinski definition) is 2. The monoisotopic (exact) mass is 438 g/mol. The van der Waals surface area contributed by atoms with Crippen LogP contribution in [0, 0.1) is 0 Å². The summed E-state index contributed by atoms with van der Waals surface area (Å²) >= 11 is 0. The molecule has 2 N–H and O–H groups in total. The number of ether oxygens (including phenoxy) is 3. The van der Waals surface area contributed by atoms with E-state index in [9.17, 15) is 0 Å². The van der Waals surface area contributed by atoms with E-state index in [1.54, 1.807) is 14.2 Å². The highest BCUT2D eigenvalue weighted by Gasteiger charge is 2.30. The number of morpholine rings is 1. The van der Waals surface area contributed by atoms with Crippen molar-refractivity contribution in [3.63, 3.8) is 0 Å². The van der Waals surface area contributed by atoms with Gasteiger partial charge >= 0.3 is 11.9 Å². The zero-order chi connectivity index (χ0) is 23.0. The standard InChI is InChI=1S/C20H32N2O3.C2H2O4/c1-15-12-22(13-16(2)25-15)18-8-10-21(11-9-18)14-17-6-5-7-19(23-3)20(17)24-4;3-1(4)2(5)6/h5-7,15-16,18H,8-14H2,1-4H3;(H,3,4)(H,5,6). The Labute approximate surface area is 183 Å². The third-order valence-corrected chi connectivity index (χ3v) is 5.58. The van der Waals surface area contributed by atoms with Gasteiger partial charge in [-0.25, -0.2) is 9.59 Å². The Bertz CT molecular complexity index is 713. The lowest BCUT2D eigenvalue weighted by atomic mass is 10.0. The van der Waals surface area contributed by atoms with Crippen molar-refractivity contribution < 1.29 is 34.0 Å². The van der Waals surface area contributed by atoms with Gasteiger partial charge in [0.05, 0.1) is 26.4 Å². The van der Waals surface area contributed by atoms with Crippen molar-refractivity contribution in [1.29, 1.82) is 0 Å². The molecule has 0 aromatic heterocycles. The SMILES string of the molecule is COc1cccc(CN2CCC(N3CC(C)OC(C)C3)CC2)c1OC.O=C(O)C(=O)O. The van der Waals surface area contributed by atoms with Crippen molar-refractivity contribution in [2.75, 3.05) is 40.4 Å². The molecule has 0 aliphatic carbocycles. The van der Waals surface area contributed by atoms with Gasteiger partial charge in [-0.15, -0.1) is 0 Å². The Hall–Kier alpha value is -2.36. The smallest absolute Gasteiger partial charge is 0.414 e. The second kappa shape index (κ2) is 11.9. The summed E-state index contributed by atoms with van der Waals surface area (Å²) in [5.74, 6) is -1.97. The number of nitrogens with zero attached hydrogens (tertiary/aromatic N) is 2. The van der Waals surface area contributed by atoms with E-state index in [1.807, 2.05) is 12.1 Å². The van der Waals surface area contributed by atoms with Gasteiger partial charge in [0, 0.05) is 31.2 Å². The molecule has 0 amide bonds. The topological polar surface area (TPSA) is 109 Å². The van der Waals surface area contributed by atoms with Crippen LogP contribution < -0.4 is 9.47 Å². The van der Waals surface area contributed by atoms with E-state index in [0.29, 0.717) is 18.2 Å². The molecule has 1 aromatic rings. The Morgan fingerprint density at radius 3 is 2.10 bits per heavy atom. The summed E-state index contributed by atoms with van der Waals surface area (Å²) in [7, 11) is 3.41. The van der Waals surface area contributed by atoms with Crippen molar-refractivity contribution in [2.24, 2.45) is 0 Å². The van der Waals surface area contributed by atoms with E-state index in [4.69, 9.17) is 34.0 Å². The molecule has 0 spiro atoms.